The maximum absolute atomic E-state index is 13.2. The summed E-state index contributed by atoms with van der Waals surface area (Å²) in [6, 6.07) is 16.0. The van der Waals surface area contributed by atoms with Crippen LogP contribution in [0.1, 0.15) is 44.6 Å². The zero-order valence-corrected chi connectivity index (χ0v) is 18.9. The van der Waals surface area contributed by atoms with Crippen LogP contribution in [0.2, 0.25) is 0 Å². The minimum atomic E-state index is -0.141. The van der Waals surface area contributed by atoms with E-state index in [0.29, 0.717) is 24.8 Å². The van der Waals surface area contributed by atoms with Crippen LogP contribution in [0.5, 0.6) is 0 Å². The maximum Gasteiger partial charge on any atom is 0.329 e. The van der Waals surface area contributed by atoms with E-state index in [1.165, 1.54) is 19.3 Å². The van der Waals surface area contributed by atoms with Crippen molar-refractivity contribution >= 4 is 17.1 Å². The van der Waals surface area contributed by atoms with Gasteiger partial charge in [0.05, 0.1) is 23.3 Å². The Morgan fingerprint density at radius 3 is 2.67 bits per heavy atom. The standard InChI is InChI=1S/C26H29N5O2/c1-2-30(21-11-7-4-8-12-21)26(33)29-17-23(27-18-29)20-13-14-24-22(15-20)28-25(32)31(24)16-19-9-5-3-6-10-19/h3,5-6,9-10,13-15,17-18,21H,2,4,7-8,11-12,16H2,1H3,(H,28,32). The average Bonchev–Trinajstić information content (AvgIpc) is 3.46. The summed E-state index contributed by atoms with van der Waals surface area (Å²) in [5.74, 6) is 0. The molecule has 4 aromatic rings. The van der Waals surface area contributed by atoms with Gasteiger partial charge in [-0.2, -0.15) is 0 Å². The number of aromatic nitrogens is 4. The lowest BCUT2D eigenvalue weighted by molar-refractivity contribution is 0.161. The summed E-state index contributed by atoms with van der Waals surface area (Å²) in [4.78, 5) is 35.1. The Balaban J connectivity index is 1.40. The van der Waals surface area contributed by atoms with Gasteiger partial charge in [-0.3, -0.25) is 9.13 Å². The van der Waals surface area contributed by atoms with Crippen LogP contribution in [0.4, 0.5) is 4.79 Å². The third kappa shape index (κ3) is 4.23. The van der Waals surface area contributed by atoms with Gasteiger partial charge in [0.15, 0.2) is 0 Å². The Kier molecular flexibility index (Phi) is 5.86. The number of amides is 1. The van der Waals surface area contributed by atoms with Crippen LogP contribution < -0.4 is 5.69 Å². The van der Waals surface area contributed by atoms with Crippen molar-refractivity contribution in [2.75, 3.05) is 6.54 Å². The molecule has 0 radical (unpaired) electrons. The molecule has 1 saturated carbocycles. The third-order valence-corrected chi connectivity index (χ3v) is 6.66. The first-order valence-corrected chi connectivity index (χ1v) is 11.8. The average molecular weight is 444 g/mol. The van der Waals surface area contributed by atoms with Gasteiger partial charge in [-0.1, -0.05) is 55.7 Å². The van der Waals surface area contributed by atoms with E-state index in [0.717, 1.165) is 35.0 Å². The van der Waals surface area contributed by atoms with Crippen molar-refractivity contribution in [1.82, 2.24) is 24.0 Å². The number of carbonyl (C=O) groups is 1. The van der Waals surface area contributed by atoms with Crippen LogP contribution in [0.3, 0.4) is 0 Å². The molecule has 0 spiro atoms. The van der Waals surface area contributed by atoms with E-state index in [2.05, 4.69) is 9.97 Å². The Morgan fingerprint density at radius 1 is 1.12 bits per heavy atom. The third-order valence-electron chi connectivity index (χ3n) is 6.66. The lowest BCUT2D eigenvalue weighted by Crippen LogP contribution is -2.43. The predicted octanol–water partition coefficient (Wildman–Crippen LogP) is 4.86. The van der Waals surface area contributed by atoms with Crippen molar-refractivity contribution in [3.63, 3.8) is 0 Å². The topological polar surface area (TPSA) is 75.9 Å². The smallest absolute Gasteiger partial charge is 0.321 e. The summed E-state index contributed by atoms with van der Waals surface area (Å²) in [5.41, 5.74) is 4.10. The monoisotopic (exact) mass is 443 g/mol. The number of benzene rings is 2. The molecule has 1 fully saturated rings. The number of carbonyl (C=O) groups excluding carboxylic acids is 1. The molecular weight excluding hydrogens is 414 g/mol. The summed E-state index contributed by atoms with van der Waals surface area (Å²) in [6.45, 7) is 3.24. The van der Waals surface area contributed by atoms with Crippen LogP contribution in [-0.2, 0) is 6.54 Å². The number of fused-ring (bicyclic) bond motifs is 1. The summed E-state index contributed by atoms with van der Waals surface area (Å²) in [7, 11) is 0. The second kappa shape index (κ2) is 9.10. The molecule has 1 aliphatic rings. The van der Waals surface area contributed by atoms with Crippen LogP contribution in [0.25, 0.3) is 22.3 Å². The number of aromatic amines is 1. The lowest BCUT2D eigenvalue weighted by atomic mass is 9.94. The Morgan fingerprint density at radius 2 is 1.91 bits per heavy atom. The fourth-order valence-corrected chi connectivity index (χ4v) is 4.91. The number of imidazole rings is 2. The van der Waals surface area contributed by atoms with Gasteiger partial charge >= 0.3 is 11.7 Å². The Hall–Kier alpha value is -3.61. The van der Waals surface area contributed by atoms with Crippen molar-refractivity contribution < 1.29 is 4.79 Å². The minimum Gasteiger partial charge on any atom is -0.321 e. The second-order valence-corrected chi connectivity index (χ2v) is 8.76. The molecule has 2 aromatic carbocycles. The Labute approximate surface area is 192 Å². The molecule has 0 aliphatic heterocycles. The molecule has 2 heterocycles. The van der Waals surface area contributed by atoms with E-state index >= 15 is 0 Å². The van der Waals surface area contributed by atoms with Gasteiger partial charge in [0.25, 0.3) is 0 Å². The molecule has 1 amide bonds. The van der Waals surface area contributed by atoms with Gasteiger partial charge in [0.2, 0.25) is 0 Å². The van der Waals surface area contributed by atoms with Gasteiger partial charge in [0, 0.05) is 24.3 Å². The molecule has 7 heteroatoms. The maximum atomic E-state index is 13.2. The van der Waals surface area contributed by atoms with Crippen molar-refractivity contribution in [3.8, 4) is 11.3 Å². The SMILES string of the molecule is CCN(C(=O)n1cnc(-c2ccc3c(c2)[nH]c(=O)n3Cc2ccccc2)c1)C1CCCCC1. The van der Waals surface area contributed by atoms with E-state index in [1.807, 2.05) is 60.4 Å². The molecule has 0 bridgehead atoms. The first-order chi connectivity index (χ1) is 16.1. The molecule has 0 atom stereocenters. The van der Waals surface area contributed by atoms with E-state index in [9.17, 15) is 9.59 Å². The number of nitrogens with one attached hydrogen (secondary N) is 1. The molecule has 170 valence electrons. The van der Waals surface area contributed by atoms with Gasteiger partial charge in [-0.05, 0) is 37.5 Å². The molecule has 2 aromatic heterocycles. The van der Waals surface area contributed by atoms with Crippen LogP contribution in [0.15, 0.2) is 65.8 Å². The number of hydrogen-bond acceptors (Lipinski definition) is 3. The minimum absolute atomic E-state index is 0.0216. The van der Waals surface area contributed by atoms with Gasteiger partial charge in [0.1, 0.15) is 6.33 Å². The number of nitrogens with zero attached hydrogens (tertiary/aromatic N) is 4. The highest BCUT2D eigenvalue weighted by atomic mass is 16.2. The molecule has 0 saturated heterocycles. The fourth-order valence-electron chi connectivity index (χ4n) is 4.91. The fraction of sp³-hybridized carbons (Fsp3) is 0.346. The molecule has 33 heavy (non-hydrogen) atoms. The van der Waals surface area contributed by atoms with E-state index in [-0.39, 0.29) is 11.7 Å². The molecular formula is C26H29N5O2. The van der Waals surface area contributed by atoms with Crippen molar-refractivity contribution in [3.05, 3.63) is 77.1 Å². The molecule has 5 rings (SSSR count). The molecule has 1 aliphatic carbocycles. The highest BCUT2D eigenvalue weighted by Gasteiger charge is 2.25. The number of hydrogen-bond donors (Lipinski definition) is 1. The summed E-state index contributed by atoms with van der Waals surface area (Å²) in [5, 5.41) is 0. The highest BCUT2D eigenvalue weighted by molar-refractivity contribution is 5.82. The normalized spacial score (nSPS) is 14.6. The first-order valence-electron chi connectivity index (χ1n) is 11.8. The van der Waals surface area contributed by atoms with E-state index in [4.69, 9.17) is 0 Å². The van der Waals surface area contributed by atoms with E-state index in [1.54, 1.807) is 21.7 Å². The number of H-pyrrole nitrogens is 1. The largest absolute Gasteiger partial charge is 0.329 e. The molecule has 1 N–H and O–H groups in total. The zero-order valence-electron chi connectivity index (χ0n) is 18.9. The van der Waals surface area contributed by atoms with Crippen LogP contribution >= 0.6 is 0 Å². The van der Waals surface area contributed by atoms with Gasteiger partial charge in [-0.25, -0.2) is 14.6 Å². The molecule has 7 nitrogen and oxygen atoms in total. The predicted molar refractivity (Wildman–Crippen MR) is 129 cm³/mol. The van der Waals surface area contributed by atoms with Gasteiger partial charge < -0.3 is 9.88 Å². The van der Waals surface area contributed by atoms with Crippen molar-refractivity contribution in [2.45, 2.75) is 51.6 Å². The van der Waals surface area contributed by atoms with Crippen molar-refractivity contribution in [1.29, 1.82) is 0 Å². The van der Waals surface area contributed by atoms with Gasteiger partial charge in [-0.15, -0.1) is 0 Å². The zero-order chi connectivity index (χ0) is 22.8. The summed E-state index contributed by atoms with van der Waals surface area (Å²) < 4.78 is 3.32. The highest BCUT2D eigenvalue weighted by Crippen LogP contribution is 2.25. The number of rotatable bonds is 5. The van der Waals surface area contributed by atoms with Crippen molar-refractivity contribution in [2.24, 2.45) is 0 Å². The second-order valence-electron chi connectivity index (χ2n) is 8.76. The summed E-state index contributed by atoms with van der Waals surface area (Å²) >= 11 is 0. The van der Waals surface area contributed by atoms with E-state index < -0.39 is 0 Å². The summed E-state index contributed by atoms with van der Waals surface area (Å²) in [6.07, 6.45) is 9.16. The lowest BCUT2D eigenvalue weighted by Gasteiger charge is -2.33. The Bertz CT molecular complexity index is 1310. The first kappa shape index (κ1) is 21.2. The quantitative estimate of drug-likeness (QED) is 0.478. The molecule has 0 unspecified atom stereocenters. The van der Waals surface area contributed by atoms with Crippen LogP contribution in [0, 0.1) is 0 Å². The van der Waals surface area contributed by atoms with Crippen LogP contribution in [-0.4, -0.2) is 42.6 Å².